The summed E-state index contributed by atoms with van der Waals surface area (Å²) in [6.07, 6.45) is 6.59. The first-order valence-electron chi connectivity index (χ1n) is 5.58. The second-order valence-corrected chi connectivity index (χ2v) is 4.14. The summed E-state index contributed by atoms with van der Waals surface area (Å²) in [6.45, 7) is 2.26. The highest BCUT2D eigenvalue weighted by atomic mass is 35.5. The maximum absolute atomic E-state index is 4.44. The normalized spacial score (nSPS) is 17.2. The Morgan fingerprint density at radius 3 is 2.88 bits per heavy atom. The number of hydrogen-bond donors (Lipinski definition) is 1. The smallest absolute Gasteiger partial charge is 0.136 e. The number of nitrogens with one attached hydrogen (secondary N) is 1. The highest BCUT2D eigenvalue weighted by Crippen LogP contribution is 2.25. The molecule has 0 spiro atoms. The van der Waals surface area contributed by atoms with Gasteiger partial charge >= 0.3 is 0 Å². The molecule has 2 aromatic rings. The number of halogens is 1. The largest absolute Gasteiger partial charge is 0.317 e. The number of nitrogens with zero attached hydrogens (tertiary/aromatic N) is 2. The predicted molar refractivity (Wildman–Crippen MR) is 67.3 cm³/mol. The van der Waals surface area contributed by atoms with E-state index in [9.17, 15) is 0 Å². The third kappa shape index (κ3) is 1.93. The summed E-state index contributed by atoms with van der Waals surface area (Å²) in [5, 5.41) is 3.40. The van der Waals surface area contributed by atoms with Crippen LogP contribution in [0.15, 0.2) is 30.6 Å². The van der Waals surface area contributed by atoms with E-state index in [0.29, 0.717) is 5.92 Å². The Bertz CT molecular complexity index is 460. The fourth-order valence-electron chi connectivity index (χ4n) is 2.37. The van der Waals surface area contributed by atoms with E-state index in [0.717, 1.165) is 18.7 Å². The van der Waals surface area contributed by atoms with E-state index in [4.69, 9.17) is 0 Å². The SMILES string of the molecule is Cl.c1ccn2c(C3CCNCC3)cnc2c1. The van der Waals surface area contributed by atoms with Gasteiger partial charge in [0, 0.05) is 24.0 Å². The molecule has 0 atom stereocenters. The summed E-state index contributed by atoms with van der Waals surface area (Å²) in [6, 6.07) is 6.17. The molecule has 0 amide bonds. The molecular formula is C12H16ClN3. The van der Waals surface area contributed by atoms with Crippen LogP contribution >= 0.6 is 12.4 Å². The number of rotatable bonds is 1. The van der Waals surface area contributed by atoms with Crippen molar-refractivity contribution in [3.63, 3.8) is 0 Å². The van der Waals surface area contributed by atoms with E-state index < -0.39 is 0 Å². The van der Waals surface area contributed by atoms with Crippen LogP contribution in [0, 0.1) is 0 Å². The molecule has 1 aliphatic heterocycles. The number of hydrogen-bond acceptors (Lipinski definition) is 2. The lowest BCUT2D eigenvalue weighted by Gasteiger charge is -2.22. The van der Waals surface area contributed by atoms with Gasteiger partial charge in [0.25, 0.3) is 0 Å². The highest BCUT2D eigenvalue weighted by molar-refractivity contribution is 5.85. The molecule has 0 saturated carbocycles. The van der Waals surface area contributed by atoms with Crippen LogP contribution in [0.1, 0.15) is 24.5 Å². The second-order valence-electron chi connectivity index (χ2n) is 4.14. The summed E-state index contributed by atoms with van der Waals surface area (Å²) in [5.74, 6) is 0.670. The lowest BCUT2D eigenvalue weighted by Crippen LogP contribution is -2.27. The Kier molecular flexibility index (Phi) is 3.46. The minimum absolute atomic E-state index is 0. The Hall–Kier alpha value is -1.06. The molecule has 2 aromatic heterocycles. The van der Waals surface area contributed by atoms with Crippen LogP contribution in [-0.4, -0.2) is 22.5 Å². The standard InChI is InChI=1S/C12H15N3.ClH/c1-2-8-15-11(9-14-12(15)3-1)10-4-6-13-7-5-10;/h1-3,8-10,13H,4-7H2;1H. The molecule has 1 N–H and O–H groups in total. The van der Waals surface area contributed by atoms with Crippen molar-refractivity contribution in [2.24, 2.45) is 0 Å². The summed E-state index contributed by atoms with van der Waals surface area (Å²) in [5.41, 5.74) is 2.43. The van der Waals surface area contributed by atoms with Crippen LogP contribution in [0.5, 0.6) is 0 Å². The molecule has 3 nitrogen and oxygen atoms in total. The number of fused-ring (bicyclic) bond motifs is 1. The molecule has 3 heterocycles. The fourth-order valence-corrected chi connectivity index (χ4v) is 2.37. The third-order valence-corrected chi connectivity index (χ3v) is 3.20. The molecule has 0 bridgehead atoms. The molecule has 1 fully saturated rings. The first-order valence-corrected chi connectivity index (χ1v) is 5.58. The van der Waals surface area contributed by atoms with Gasteiger partial charge in [-0.05, 0) is 38.1 Å². The van der Waals surface area contributed by atoms with Gasteiger partial charge in [-0.2, -0.15) is 0 Å². The number of piperidine rings is 1. The average Bonchev–Trinajstić information content (AvgIpc) is 2.74. The first kappa shape index (κ1) is 11.4. The van der Waals surface area contributed by atoms with Gasteiger partial charge in [0.2, 0.25) is 0 Å². The van der Waals surface area contributed by atoms with E-state index >= 15 is 0 Å². The monoisotopic (exact) mass is 237 g/mol. The van der Waals surface area contributed by atoms with Crippen LogP contribution < -0.4 is 5.32 Å². The summed E-state index contributed by atoms with van der Waals surface area (Å²) >= 11 is 0. The van der Waals surface area contributed by atoms with Gasteiger partial charge in [-0.25, -0.2) is 4.98 Å². The second kappa shape index (κ2) is 4.85. The minimum Gasteiger partial charge on any atom is -0.317 e. The quantitative estimate of drug-likeness (QED) is 0.824. The number of aromatic nitrogens is 2. The molecule has 1 aliphatic rings. The maximum Gasteiger partial charge on any atom is 0.136 e. The Balaban J connectivity index is 0.000000963. The Morgan fingerprint density at radius 2 is 2.06 bits per heavy atom. The van der Waals surface area contributed by atoms with Crippen molar-refractivity contribution >= 4 is 18.1 Å². The fraction of sp³-hybridized carbons (Fsp3) is 0.417. The van der Waals surface area contributed by atoms with Crippen molar-refractivity contribution in [3.05, 3.63) is 36.3 Å². The molecule has 4 heteroatoms. The van der Waals surface area contributed by atoms with E-state index in [1.165, 1.54) is 18.5 Å². The van der Waals surface area contributed by atoms with Crippen LogP contribution in [0.3, 0.4) is 0 Å². The molecule has 3 rings (SSSR count). The first-order chi connectivity index (χ1) is 7.45. The van der Waals surface area contributed by atoms with Crippen LogP contribution in [0.25, 0.3) is 5.65 Å². The third-order valence-electron chi connectivity index (χ3n) is 3.20. The molecular weight excluding hydrogens is 222 g/mol. The predicted octanol–water partition coefficient (Wildman–Crippen LogP) is 2.22. The zero-order valence-electron chi connectivity index (χ0n) is 9.10. The highest BCUT2D eigenvalue weighted by Gasteiger charge is 2.18. The lowest BCUT2D eigenvalue weighted by atomic mass is 9.95. The molecule has 0 aromatic carbocycles. The number of imidazole rings is 1. The van der Waals surface area contributed by atoms with Crippen LogP contribution in [0.2, 0.25) is 0 Å². The topological polar surface area (TPSA) is 29.3 Å². The van der Waals surface area contributed by atoms with Crippen LogP contribution in [0.4, 0.5) is 0 Å². The van der Waals surface area contributed by atoms with Crippen molar-refractivity contribution in [2.45, 2.75) is 18.8 Å². The van der Waals surface area contributed by atoms with E-state index in [-0.39, 0.29) is 12.4 Å². The van der Waals surface area contributed by atoms with Crippen molar-refractivity contribution in [2.75, 3.05) is 13.1 Å². The van der Waals surface area contributed by atoms with E-state index in [2.05, 4.69) is 33.0 Å². The van der Waals surface area contributed by atoms with Crippen molar-refractivity contribution in [1.29, 1.82) is 0 Å². The zero-order chi connectivity index (χ0) is 10.1. The Labute approximate surface area is 101 Å². The van der Waals surface area contributed by atoms with Gasteiger partial charge in [0.15, 0.2) is 0 Å². The van der Waals surface area contributed by atoms with Gasteiger partial charge in [0.05, 0.1) is 0 Å². The summed E-state index contributed by atoms with van der Waals surface area (Å²) in [7, 11) is 0. The molecule has 0 aliphatic carbocycles. The van der Waals surface area contributed by atoms with Gasteiger partial charge in [-0.1, -0.05) is 6.07 Å². The molecule has 16 heavy (non-hydrogen) atoms. The Morgan fingerprint density at radius 1 is 1.25 bits per heavy atom. The lowest BCUT2D eigenvalue weighted by molar-refractivity contribution is 0.451. The van der Waals surface area contributed by atoms with Crippen LogP contribution in [-0.2, 0) is 0 Å². The maximum atomic E-state index is 4.44. The summed E-state index contributed by atoms with van der Waals surface area (Å²) < 4.78 is 2.22. The summed E-state index contributed by atoms with van der Waals surface area (Å²) in [4.78, 5) is 4.44. The van der Waals surface area contributed by atoms with Gasteiger partial charge in [0.1, 0.15) is 5.65 Å². The van der Waals surface area contributed by atoms with Gasteiger partial charge in [-0.15, -0.1) is 12.4 Å². The molecule has 1 saturated heterocycles. The number of pyridine rings is 1. The van der Waals surface area contributed by atoms with E-state index in [1.54, 1.807) is 0 Å². The van der Waals surface area contributed by atoms with Crippen molar-refractivity contribution in [3.8, 4) is 0 Å². The minimum atomic E-state index is 0. The molecule has 0 radical (unpaired) electrons. The van der Waals surface area contributed by atoms with Gasteiger partial charge < -0.3 is 9.72 Å². The molecule has 0 unspecified atom stereocenters. The zero-order valence-corrected chi connectivity index (χ0v) is 9.91. The molecule has 86 valence electrons. The average molecular weight is 238 g/mol. The van der Waals surface area contributed by atoms with Crippen molar-refractivity contribution < 1.29 is 0 Å². The van der Waals surface area contributed by atoms with Gasteiger partial charge in [-0.3, -0.25) is 0 Å². The van der Waals surface area contributed by atoms with E-state index in [1.807, 2.05) is 12.3 Å². The van der Waals surface area contributed by atoms with Crippen molar-refractivity contribution in [1.82, 2.24) is 14.7 Å².